The Labute approximate surface area is 224 Å². The van der Waals surface area contributed by atoms with Crippen LogP contribution in [0.1, 0.15) is 127 Å². The summed E-state index contributed by atoms with van der Waals surface area (Å²) < 4.78 is 5.68. The van der Waals surface area contributed by atoms with Crippen LogP contribution in [-0.4, -0.2) is 17.0 Å². The summed E-state index contributed by atoms with van der Waals surface area (Å²) in [4.78, 5) is 0. The first-order valence-corrected chi connectivity index (χ1v) is 15.4. The van der Waals surface area contributed by atoms with Gasteiger partial charge in [-0.15, -0.1) is 0 Å². The van der Waals surface area contributed by atoms with Crippen molar-refractivity contribution in [2.45, 2.75) is 143 Å². The third-order valence-corrected chi connectivity index (χ3v) is 12.8. The summed E-state index contributed by atoms with van der Waals surface area (Å²) >= 11 is 0. The van der Waals surface area contributed by atoms with E-state index in [-0.39, 0.29) is 21.7 Å². The van der Waals surface area contributed by atoms with Gasteiger partial charge in [0.25, 0.3) is 0 Å². The average Bonchev–Trinajstić information content (AvgIpc) is 3.30. The van der Waals surface area contributed by atoms with Crippen molar-refractivity contribution >= 4 is 7.05 Å². The molecule has 0 saturated carbocycles. The van der Waals surface area contributed by atoms with Gasteiger partial charge < -0.3 is 0 Å². The van der Waals surface area contributed by atoms with E-state index in [9.17, 15) is 0 Å². The summed E-state index contributed by atoms with van der Waals surface area (Å²) in [5, 5.41) is 0. The molecule has 0 saturated heterocycles. The SMILES string of the molecule is C=C(C)C(C)=CC.CCCCC(C)P(=NC1=CC=CC1)(C(C)CCCC)C(C)CCCC.[Ti]. The number of unbranched alkanes of at least 4 members (excludes halogenated alkanes) is 3. The van der Waals surface area contributed by atoms with Crippen molar-refractivity contribution in [1.29, 1.82) is 0 Å². The molecule has 1 aliphatic rings. The minimum atomic E-state index is -1.39. The van der Waals surface area contributed by atoms with E-state index < -0.39 is 7.05 Å². The fourth-order valence-electron chi connectivity index (χ4n) is 4.70. The predicted octanol–water partition coefficient (Wildman–Crippen LogP) is 11.3. The van der Waals surface area contributed by atoms with Crippen LogP contribution < -0.4 is 0 Å². The number of hydrogen-bond acceptors (Lipinski definition) is 1. The molecule has 1 aliphatic carbocycles. The van der Waals surface area contributed by atoms with Gasteiger partial charge in [-0.2, -0.15) is 0 Å². The summed E-state index contributed by atoms with van der Waals surface area (Å²) in [5.74, 6) is 0. The molecule has 0 bridgehead atoms. The van der Waals surface area contributed by atoms with E-state index in [4.69, 9.17) is 4.74 Å². The number of rotatable bonds is 14. The smallest absolute Gasteiger partial charge is 0.0425 e. The summed E-state index contributed by atoms with van der Waals surface area (Å²) in [5.41, 5.74) is 6.11. The molecule has 0 aromatic carbocycles. The topological polar surface area (TPSA) is 12.4 Å². The Hall–Kier alpha value is -0.0957. The first-order chi connectivity index (χ1) is 15.2. The number of allylic oxidation sites excluding steroid dienone is 6. The van der Waals surface area contributed by atoms with Crippen LogP contribution in [0.4, 0.5) is 0 Å². The Bertz CT molecular complexity index is 628. The molecule has 0 radical (unpaired) electrons. The van der Waals surface area contributed by atoms with E-state index in [1.54, 1.807) is 0 Å². The van der Waals surface area contributed by atoms with Gasteiger partial charge in [-0.1, -0.05) is 116 Å². The molecule has 1 nitrogen and oxygen atoms in total. The maximum atomic E-state index is 5.68. The van der Waals surface area contributed by atoms with Crippen LogP contribution in [0.5, 0.6) is 0 Å². The Morgan fingerprint density at radius 2 is 1.36 bits per heavy atom. The molecule has 0 heterocycles. The van der Waals surface area contributed by atoms with Crippen LogP contribution in [0.2, 0.25) is 0 Å². The summed E-state index contributed by atoms with van der Waals surface area (Å²) in [7, 11) is -1.39. The second kappa shape index (κ2) is 20.1. The van der Waals surface area contributed by atoms with Crippen LogP contribution in [0.25, 0.3) is 0 Å². The van der Waals surface area contributed by atoms with Gasteiger partial charge in [-0.05, 0) is 70.1 Å². The zero-order valence-electron chi connectivity index (χ0n) is 23.7. The minimum Gasteiger partial charge on any atom is -0.271 e. The predicted molar refractivity (Wildman–Crippen MR) is 152 cm³/mol. The van der Waals surface area contributed by atoms with Crippen molar-refractivity contribution in [2.75, 3.05) is 0 Å². The van der Waals surface area contributed by atoms with Gasteiger partial charge in [-0.25, -0.2) is 0 Å². The average molecular weight is 510 g/mol. The second-order valence-corrected chi connectivity index (χ2v) is 14.3. The number of nitrogens with zero attached hydrogens (tertiary/aromatic N) is 1. The van der Waals surface area contributed by atoms with Gasteiger partial charge >= 0.3 is 0 Å². The van der Waals surface area contributed by atoms with Gasteiger partial charge in [0, 0.05) is 33.8 Å². The molecule has 0 spiro atoms. The first-order valence-electron chi connectivity index (χ1n) is 13.5. The fourth-order valence-corrected chi connectivity index (χ4v) is 10.3. The van der Waals surface area contributed by atoms with Crippen molar-refractivity contribution < 1.29 is 21.7 Å². The molecule has 0 aromatic heterocycles. The van der Waals surface area contributed by atoms with Crippen LogP contribution in [0.15, 0.2) is 52.5 Å². The minimum absolute atomic E-state index is 0. The molecular weight excluding hydrogens is 453 g/mol. The van der Waals surface area contributed by atoms with Crippen molar-refractivity contribution in [3.05, 3.63) is 47.7 Å². The summed E-state index contributed by atoms with van der Waals surface area (Å²) in [6.07, 6.45) is 22.0. The zero-order valence-corrected chi connectivity index (χ0v) is 26.2. The molecule has 3 heteroatoms. The Kier molecular flexibility index (Phi) is 21.4. The van der Waals surface area contributed by atoms with E-state index >= 15 is 0 Å². The van der Waals surface area contributed by atoms with E-state index in [0.29, 0.717) is 0 Å². The Morgan fingerprint density at radius 3 is 1.61 bits per heavy atom. The van der Waals surface area contributed by atoms with Gasteiger partial charge in [-0.3, -0.25) is 4.74 Å². The van der Waals surface area contributed by atoms with Crippen molar-refractivity contribution in [3.8, 4) is 0 Å². The standard InChI is InChI=1S/C23H44NP.C7H12.Ti/c1-7-10-15-20(4)25(21(5)16-11-8-2,22(6)17-12-9-3)24-23-18-13-14-19-23;1-5-7(4)6(2)3;/h13-14,18,20-22H,7-12,15-17,19H2,1-6H3;5H,2H2,1,3-4H3;. The summed E-state index contributed by atoms with van der Waals surface area (Å²) in [6, 6.07) is 0. The van der Waals surface area contributed by atoms with Gasteiger partial charge in [0.2, 0.25) is 0 Å². The molecule has 0 aliphatic heterocycles. The van der Waals surface area contributed by atoms with Gasteiger partial charge in [0.15, 0.2) is 0 Å². The van der Waals surface area contributed by atoms with E-state index in [1.165, 1.54) is 69.1 Å². The molecule has 190 valence electrons. The molecule has 0 N–H and O–H groups in total. The molecular formula is C30H56NPTi. The Morgan fingerprint density at radius 1 is 0.939 bits per heavy atom. The number of hydrogen-bond donors (Lipinski definition) is 0. The zero-order chi connectivity index (χ0) is 24.6. The third kappa shape index (κ3) is 12.4. The van der Waals surface area contributed by atoms with Crippen LogP contribution in [-0.2, 0) is 21.7 Å². The molecule has 0 amide bonds. The van der Waals surface area contributed by atoms with Crippen LogP contribution in [0.3, 0.4) is 0 Å². The fraction of sp³-hybridized carbons (Fsp3) is 0.733. The maximum absolute atomic E-state index is 5.68. The van der Waals surface area contributed by atoms with E-state index in [2.05, 4.69) is 79.3 Å². The van der Waals surface area contributed by atoms with Crippen molar-refractivity contribution in [2.24, 2.45) is 4.74 Å². The molecule has 33 heavy (non-hydrogen) atoms. The van der Waals surface area contributed by atoms with Crippen LogP contribution in [0, 0.1) is 0 Å². The molecule has 0 fully saturated rings. The van der Waals surface area contributed by atoms with Gasteiger partial charge in [0.1, 0.15) is 0 Å². The summed E-state index contributed by atoms with van der Waals surface area (Å²) in [6.45, 7) is 24.5. The monoisotopic (exact) mass is 509 g/mol. The molecule has 1 rings (SSSR count). The van der Waals surface area contributed by atoms with Crippen molar-refractivity contribution in [3.63, 3.8) is 0 Å². The van der Waals surface area contributed by atoms with E-state index in [1.807, 2.05) is 13.8 Å². The third-order valence-electron chi connectivity index (χ3n) is 7.20. The van der Waals surface area contributed by atoms with Crippen LogP contribution >= 0.6 is 7.05 Å². The second-order valence-electron chi connectivity index (χ2n) is 9.91. The molecule has 3 atom stereocenters. The maximum Gasteiger partial charge on any atom is 0.0425 e. The quantitative estimate of drug-likeness (QED) is 0.125. The van der Waals surface area contributed by atoms with Crippen molar-refractivity contribution in [1.82, 2.24) is 0 Å². The molecule has 3 unspecified atom stereocenters. The Balaban J connectivity index is 0. The normalized spacial score (nSPS) is 17.6. The largest absolute Gasteiger partial charge is 0.271 e. The first kappa shape index (κ1) is 35.1. The van der Waals surface area contributed by atoms with E-state index in [0.717, 1.165) is 29.0 Å². The van der Waals surface area contributed by atoms with Gasteiger partial charge in [0.05, 0.1) is 0 Å². The molecule has 0 aromatic rings.